The first kappa shape index (κ1) is 12.3. The first-order chi connectivity index (χ1) is 8.19. The highest BCUT2D eigenvalue weighted by atomic mass is 32.1. The molecule has 6 heteroatoms. The average molecular weight is 254 g/mol. The topological polar surface area (TPSA) is 58.1 Å². The Morgan fingerprint density at radius 1 is 1.53 bits per heavy atom. The largest absolute Gasteiger partial charge is 0.360 e. The van der Waals surface area contributed by atoms with Crippen LogP contribution in [0.3, 0.4) is 0 Å². The molecule has 0 aromatic carbocycles. The number of hydrogen-bond donors (Lipinski definition) is 1. The molecule has 0 bridgehead atoms. The molecule has 94 valence electrons. The highest BCUT2D eigenvalue weighted by Gasteiger charge is 2.27. The maximum absolute atomic E-state index is 11.6. The normalized spacial score (nSPS) is 20.0. The van der Waals surface area contributed by atoms with Crippen molar-refractivity contribution in [2.24, 2.45) is 5.92 Å². The molecule has 1 unspecified atom stereocenters. The number of anilines is 1. The molecule has 1 aromatic rings. The number of nitrogens with zero attached hydrogens (tertiary/aromatic N) is 3. The van der Waals surface area contributed by atoms with E-state index in [4.69, 9.17) is 0 Å². The Morgan fingerprint density at radius 3 is 3.00 bits per heavy atom. The Hall–Kier alpha value is -1.17. The van der Waals surface area contributed by atoms with E-state index in [1.165, 1.54) is 11.3 Å². The quantitative estimate of drug-likeness (QED) is 0.869. The van der Waals surface area contributed by atoms with Gasteiger partial charge in [0.25, 0.3) is 0 Å². The monoisotopic (exact) mass is 254 g/mol. The number of carbonyl (C=O) groups is 1. The predicted molar refractivity (Wildman–Crippen MR) is 67.9 cm³/mol. The van der Waals surface area contributed by atoms with E-state index in [1.54, 1.807) is 0 Å². The van der Waals surface area contributed by atoms with Crippen molar-refractivity contribution in [3.05, 3.63) is 5.01 Å². The number of aromatic nitrogens is 2. The van der Waals surface area contributed by atoms with Crippen LogP contribution in [-0.4, -0.2) is 34.1 Å². The van der Waals surface area contributed by atoms with Crippen LogP contribution < -0.4 is 5.32 Å². The van der Waals surface area contributed by atoms with Crippen LogP contribution in [0.15, 0.2) is 0 Å². The minimum Gasteiger partial charge on any atom is -0.360 e. The minimum atomic E-state index is 0.232. The van der Waals surface area contributed by atoms with Gasteiger partial charge in [-0.05, 0) is 12.3 Å². The smallest absolute Gasteiger partial charge is 0.223 e. The summed E-state index contributed by atoms with van der Waals surface area (Å²) in [5.41, 5.74) is 0. The van der Waals surface area contributed by atoms with Crippen molar-refractivity contribution < 1.29 is 4.79 Å². The Kier molecular flexibility index (Phi) is 3.93. The molecule has 0 saturated carbocycles. The van der Waals surface area contributed by atoms with E-state index in [-0.39, 0.29) is 5.91 Å². The lowest BCUT2D eigenvalue weighted by Crippen LogP contribution is -2.24. The predicted octanol–water partition coefficient (Wildman–Crippen LogP) is 1.73. The molecule has 1 aliphatic rings. The fraction of sp³-hybridized carbons (Fsp3) is 0.727. The van der Waals surface area contributed by atoms with E-state index in [0.29, 0.717) is 18.9 Å². The second-order valence-electron chi connectivity index (χ2n) is 4.51. The Balaban J connectivity index is 1.90. The Labute approximate surface area is 105 Å². The zero-order chi connectivity index (χ0) is 12.3. The zero-order valence-corrected chi connectivity index (χ0v) is 11.1. The minimum absolute atomic E-state index is 0.232. The second kappa shape index (κ2) is 5.44. The lowest BCUT2D eigenvalue weighted by atomic mass is 10.2. The first-order valence-corrected chi connectivity index (χ1v) is 6.84. The summed E-state index contributed by atoms with van der Waals surface area (Å²) in [6.07, 6.45) is 1.73. The SMILES string of the molecule is CCCNc1nnc(CN2CC(C)CC2=O)s1. The van der Waals surface area contributed by atoms with Gasteiger partial charge in [0.05, 0.1) is 6.54 Å². The van der Waals surface area contributed by atoms with Crippen LogP contribution in [0.4, 0.5) is 5.13 Å². The van der Waals surface area contributed by atoms with Crippen molar-refractivity contribution in [1.82, 2.24) is 15.1 Å². The van der Waals surface area contributed by atoms with Gasteiger partial charge >= 0.3 is 0 Å². The molecule has 1 amide bonds. The summed E-state index contributed by atoms with van der Waals surface area (Å²) in [6.45, 7) is 6.57. The van der Waals surface area contributed by atoms with Crippen LogP contribution in [0.2, 0.25) is 0 Å². The lowest BCUT2D eigenvalue weighted by Gasteiger charge is -2.13. The van der Waals surface area contributed by atoms with Crippen LogP contribution in [0.25, 0.3) is 0 Å². The maximum Gasteiger partial charge on any atom is 0.223 e. The Bertz CT molecular complexity index is 393. The molecule has 0 radical (unpaired) electrons. The summed E-state index contributed by atoms with van der Waals surface area (Å²) in [4.78, 5) is 13.5. The van der Waals surface area contributed by atoms with Crippen molar-refractivity contribution in [1.29, 1.82) is 0 Å². The summed E-state index contributed by atoms with van der Waals surface area (Å²) >= 11 is 1.54. The molecule has 0 spiro atoms. The van der Waals surface area contributed by atoms with Gasteiger partial charge in [-0.2, -0.15) is 0 Å². The van der Waals surface area contributed by atoms with Crippen LogP contribution in [0.1, 0.15) is 31.7 Å². The highest BCUT2D eigenvalue weighted by Crippen LogP contribution is 2.22. The fourth-order valence-electron chi connectivity index (χ4n) is 1.91. The fourth-order valence-corrected chi connectivity index (χ4v) is 2.69. The molecular weight excluding hydrogens is 236 g/mol. The maximum atomic E-state index is 11.6. The van der Waals surface area contributed by atoms with Crippen molar-refractivity contribution in [2.45, 2.75) is 33.2 Å². The summed E-state index contributed by atoms with van der Waals surface area (Å²) in [5, 5.41) is 13.1. The molecule has 0 aliphatic carbocycles. The summed E-state index contributed by atoms with van der Waals surface area (Å²) in [5.74, 6) is 0.698. The molecule has 2 heterocycles. The van der Waals surface area contributed by atoms with Gasteiger partial charge in [-0.1, -0.05) is 25.2 Å². The summed E-state index contributed by atoms with van der Waals surface area (Å²) < 4.78 is 0. The van der Waals surface area contributed by atoms with E-state index in [9.17, 15) is 4.79 Å². The molecule has 17 heavy (non-hydrogen) atoms. The van der Waals surface area contributed by atoms with E-state index >= 15 is 0 Å². The van der Waals surface area contributed by atoms with E-state index in [2.05, 4.69) is 29.4 Å². The third kappa shape index (κ3) is 3.15. The van der Waals surface area contributed by atoms with E-state index in [1.807, 2.05) is 4.90 Å². The molecular formula is C11H18N4OS. The van der Waals surface area contributed by atoms with Crippen LogP contribution in [-0.2, 0) is 11.3 Å². The van der Waals surface area contributed by atoms with Crippen LogP contribution in [0.5, 0.6) is 0 Å². The number of nitrogens with one attached hydrogen (secondary N) is 1. The first-order valence-electron chi connectivity index (χ1n) is 6.03. The number of rotatable bonds is 5. The summed E-state index contributed by atoms with van der Waals surface area (Å²) in [6, 6.07) is 0. The van der Waals surface area contributed by atoms with Gasteiger partial charge in [0.1, 0.15) is 5.01 Å². The standard InChI is InChI=1S/C11H18N4OS/c1-3-4-12-11-14-13-9(17-11)7-15-6-8(2)5-10(15)16/h8H,3-7H2,1-2H3,(H,12,14). The molecule has 1 atom stereocenters. The summed E-state index contributed by atoms with van der Waals surface area (Å²) in [7, 11) is 0. The van der Waals surface area contributed by atoms with E-state index in [0.717, 1.165) is 29.6 Å². The Morgan fingerprint density at radius 2 is 2.35 bits per heavy atom. The van der Waals surface area contributed by atoms with Gasteiger partial charge in [-0.15, -0.1) is 10.2 Å². The molecule has 2 rings (SSSR count). The average Bonchev–Trinajstić information content (AvgIpc) is 2.84. The van der Waals surface area contributed by atoms with Gasteiger partial charge in [-0.25, -0.2) is 0 Å². The third-order valence-electron chi connectivity index (χ3n) is 2.73. The van der Waals surface area contributed by atoms with Crippen molar-refractivity contribution >= 4 is 22.4 Å². The highest BCUT2D eigenvalue weighted by molar-refractivity contribution is 7.15. The number of amides is 1. The third-order valence-corrected chi connectivity index (χ3v) is 3.59. The van der Waals surface area contributed by atoms with Crippen LogP contribution >= 0.6 is 11.3 Å². The van der Waals surface area contributed by atoms with Crippen molar-refractivity contribution in [3.8, 4) is 0 Å². The van der Waals surface area contributed by atoms with Gasteiger partial charge in [0.15, 0.2) is 0 Å². The number of carbonyl (C=O) groups excluding carboxylic acids is 1. The van der Waals surface area contributed by atoms with Crippen molar-refractivity contribution in [3.63, 3.8) is 0 Å². The van der Waals surface area contributed by atoms with E-state index < -0.39 is 0 Å². The molecule has 1 fully saturated rings. The molecule has 5 nitrogen and oxygen atoms in total. The van der Waals surface area contributed by atoms with Crippen LogP contribution in [0, 0.1) is 5.92 Å². The number of likely N-dealkylation sites (tertiary alicyclic amines) is 1. The molecule has 1 N–H and O–H groups in total. The number of hydrogen-bond acceptors (Lipinski definition) is 5. The van der Waals surface area contributed by atoms with Gasteiger partial charge < -0.3 is 10.2 Å². The zero-order valence-electron chi connectivity index (χ0n) is 10.3. The molecule has 1 aromatic heterocycles. The van der Waals surface area contributed by atoms with Crippen molar-refractivity contribution in [2.75, 3.05) is 18.4 Å². The van der Waals surface area contributed by atoms with Gasteiger partial charge in [-0.3, -0.25) is 4.79 Å². The second-order valence-corrected chi connectivity index (χ2v) is 5.57. The van der Waals surface area contributed by atoms with Gasteiger partial charge in [0, 0.05) is 19.5 Å². The van der Waals surface area contributed by atoms with Gasteiger partial charge in [0.2, 0.25) is 11.0 Å². The lowest BCUT2D eigenvalue weighted by molar-refractivity contribution is -0.128. The molecule has 1 saturated heterocycles. The molecule has 1 aliphatic heterocycles.